The number of ether oxygens (including phenoxy) is 1. The van der Waals surface area contributed by atoms with E-state index in [0.717, 1.165) is 22.7 Å². The van der Waals surface area contributed by atoms with E-state index in [1.807, 2.05) is 55.5 Å². The van der Waals surface area contributed by atoms with Gasteiger partial charge in [-0.15, -0.1) is 0 Å². The zero-order chi connectivity index (χ0) is 13.7. The molecule has 98 valence electrons. The zero-order valence-electron chi connectivity index (χ0n) is 10.9. The van der Waals surface area contributed by atoms with Gasteiger partial charge < -0.3 is 4.74 Å². The van der Waals surface area contributed by atoms with Crippen LogP contribution >= 0.6 is 11.6 Å². The maximum atomic E-state index is 5.83. The summed E-state index contributed by atoms with van der Waals surface area (Å²) in [6.07, 6.45) is 0. The molecule has 0 atom stereocenters. The summed E-state index contributed by atoms with van der Waals surface area (Å²) in [5, 5.41) is 5.05. The molecular formula is C15H15ClN2O. The number of methoxy groups -OCH3 is 1. The van der Waals surface area contributed by atoms with Gasteiger partial charge in [-0.05, 0) is 43.3 Å². The van der Waals surface area contributed by atoms with Crippen LogP contribution in [0.3, 0.4) is 0 Å². The lowest BCUT2D eigenvalue weighted by molar-refractivity contribution is 0.414. The fourth-order valence-corrected chi connectivity index (χ4v) is 1.71. The van der Waals surface area contributed by atoms with E-state index >= 15 is 0 Å². The predicted molar refractivity (Wildman–Crippen MR) is 80.3 cm³/mol. The Balaban J connectivity index is 2.11. The van der Waals surface area contributed by atoms with Crippen LogP contribution in [0.1, 0.15) is 12.5 Å². The SMILES string of the molecule is COc1cccc(/C(C)=N/Nc2ccc(Cl)cc2)c1. The van der Waals surface area contributed by atoms with Gasteiger partial charge in [0.15, 0.2) is 0 Å². The maximum absolute atomic E-state index is 5.83. The molecule has 0 unspecified atom stereocenters. The number of hydrogen-bond donors (Lipinski definition) is 1. The van der Waals surface area contributed by atoms with Crippen LogP contribution in [-0.2, 0) is 0 Å². The average molecular weight is 275 g/mol. The van der Waals surface area contributed by atoms with Crippen molar-refractivity contribution in [2.24, 2.45) is 5.10 Å². The monoisotopic (exact) mass is 274 g/mol. The Labute approximate surface area is 117 Å². The van der Waals surface area contributed by atoms with Crippen LogP contribution in [0.2, 0.25) is 5.02 Å². The van der Waals surface area contributed by atoms with Crippen LogP contribution in [0, 0.1) is 0 Å². The second kappa shape index (κ2) is 6.25. The van der Waals surface area contributed by atoms with E-state index in [1.54, 1.807) is 7.11 Å². The first-order valence-electron chi connectivity index (χ1n) is 5.89. The van der Waals surface area contributed by atoms with Crippen molar-refractivity contribution in [3.05, 3.63) is 59.1 Å². The van der Waals surface area contributed by atoms with Gasteiger partial charge >= 0.3 is 0 Å². The molecule has 2 rings (SSSR count). The molecule has 0 aliphatic carbocycles. The molecule has 2 aromatic rings. The summed E-state index contributed by atoms with van der Waals surface area (Å²) in [7, 11) is 1.65. The molecule has 0 aliphatic rings. The first-order chi connectivity index (χ1) is 9.19. The summed E-state index contributed by atoms with van der Waals surface area (Å²) < 4.78 is 5.19. The van der Waals surface area contributed by atoms with E-state index < -0.39 is 0 Å². The molecule has 3 nitrogen and oxygen atoms in total. The summed E-state index contributed by atoms with van der Waals surface area (Å²) in [5.41, 5.74) is 5.79. The molecule has 1 N–H and O–H groups in total. The Morgan fingerprint density at radius 3 is 2.58 bits per heavy atom. The van der Waals surface area contributed by atoms with Gasteiger partial charge in [0.25, 0.3) is 0 Å². The van der Waals surface area contributed by atoms with Crippen molar-refractivity contribution < 1.29 is 4.74 Å². The molecule has 19 heavy (non-hydrogen) atoms. The van der Waals surface area contributed by atoms with Gasteiger partial charge in [0, 0.05) is 10.6 Å². The van der Waals surface area contributed by atoms with Crippen molar-refractivity contribution in [3.8, 4) is 5.75 Å². The number of nitrogens with zero attached hydrogens (tertiary/aromatic N) is 1. The topological polar surface area (TPSA) is 33.6 Å². The number of anilines is 1. The number of hydrogen-bond acceptors (Lipinski definition) is 3. The van der Waals surface area contributed by atoms with Crippen molar-refractivity contribution in [3.63, 3.8) is 0 Å². The smallest absolute Gasteiger partial charge is 0.119 e. The maximum Gasteiger partial charge on any atom is 0.119 e. The van der Waals surface area contributed by atoms with Crippen LogP contribution in [-0.4, -0.2) is 12.8 Å². The van der Waals surface area contributed by atoms with Crippen LogP contribution in [0.25, 0.3) is 0 Å². The molecule has 0 heterocycles. The molecular weight excluding hydrogens is 260 g/mol. The Hall–Kier alpha value is -2.00. The fraction of sp³-hybridized carbons (Fsp3) is 0.133. The van der Waals surface area contributed by atoms with Gasteiger partial charge in [-0.1, -0.05) is 23.7 Å². The van der Waals surface area contributed by atoms with Gasteiger partial charge in [-0.3, -0.25) is 5.43 Å². The summed E-state index contributed by atoms with van der Waals surface area (Å²) in [6, 6.07) is 15.2. The molecule has 0 saturated heterocycles. The molecule has 0 spiro atoms. The summed E-state index contributed by atoms with van der Waals surface area (Å²) >= 11 is 5.83. The van der Waals surface area contributed by atoms with Crippen LogP contribution in [0.5, 0.6) is 5.75 Å². The van der Waals surface area contributed by atoms with Gasteiger partial charge in [0.05, 0.1) is 18.5 Å². The highest BCUT2D eigenvalue weighted by molar-refractivity contribution is 6.30. The standard InChI is InChI=1S/C15H15ClN2O/c1-11(12-4-3-5-15(10-12)19-2)17-18-14-8-6-13(16)7-9-14/h3-10,18H,1-2H3/b17-11+. The molecule has 0 radical (unpaired) electrons. The minimum atomic E-state index is 0.707. The van der Waals surface area contributed by atoms with E-state index in [1.165, 1.54) is 0 Å². The largest absolute Gasteiger partial charge is 0.497 e. The molecule has 2 aromatic carbocycles. The summed E-state index contributed by atoms with van der Waals surface area (Å²) in [6.45, 7) is 1.94. The molecule has 0 amide bonds. The lowest BCUT2D eigenvalue weighted by Gasteiger charge is -2.05. The molecule has 4 heteroatoms. The van der Waals surface area contributed by atoms with Crippen LogP contribution in [0.4, 0.5) is 5.69 Å². The third kappa shape index (κ3) is 3.73. The minimum Gasteiger partial charge on any atom is -0.497 e. The summed E-state index contributed by atoms with van der Waals surface area (Å²) in [4.78, 5) is 0. The third-order valence-corrected chi connectivity index (χ3v) is 2.94. The normalized spacial score (nSPS) is 11.2. The zero-order valence-corrected chi connectivity index (χ0v) is 11.6. The minimum absolute atomic E-state index is 0.707. The highest BCUT2D eigenvalue weighted by Gasteiger charge is 1.99. The second-order valence-corrected chi connectivity index (χ2v) is 4.48. The first-order valence-corrected chi connectivity index (χ1v) is 6.27. The number of rotatable bonds is 4. The molecule has 0 fully saturated rings. The van der Waals surface area contributed by atoms with E-state index in [9.17, 15) is 0 Å². The first kappa shape index (κ1) is 13.4. The lowest BCUT2D eigenvalue weighted by Crippen LogP contribution is -2.00. The van der Waals surface area contributed by atoms with E-state index in [0.29, 0.717) is 5.02 Å². The van der Waals surface area contributed by atoms with E-state index in [2.05, 4.69) is 10.5 Å². The second-order valence-electron chi connectivity index (χ2n) is 4.05. The van der Waals surface area contributed by atoms with Gasteiger partial charge in [-0.2, -0.15) is 5.10 Å². The van der Waals surface area contributed by atoms with Crippen molar-refractivity contribution in [2.75, 3.05) is 12.5 Å². The van der Waals surface area contributed by atoms with Gasteiger partial charge in [-0.25, -0.2) is 0 Å². The molecule has 0 saturated carbocycles. The quantitative estimate of drug-likeness (QED) is 0.670. The number of halogens is 1. The summed E-state index contributed by atoms with van der Waals surface area (Å²) in [5.74, 6) is 0.818. The highest BCUT2D eigenvalue weighted by Crippen LogP contribution is 2.15. The Bertz CT molecular complexity index is 579. The van der Waals surface area contributed by atoms with E-state index in [-0.39, 0.29) is 0 Å². The van der Waals surface area contributed by atoms with E-state index in [4.69, 9.17) is 16.3 Å². The molecule has 0 aromatic heterocycles. The predicted octanol–water partition coefficient (Wildman–Crippen LogP) is 4.18. The number of benzene rings is 2. The van der Waals surface area contributed by atoms with Gasteiger partial charge in [0.1, 0.15) is 5.75 Å². The Morgan fingerprint density at radius 2 is 1.89 bits per heavy atom. The molecule has 0 bridgehead atoms. The Morgan fingerprint density at radius 1 is 1.16 bits per heavy atom. The highest BCUT2D eigenvalue weighted by atomic mass is 35.5. The van der Waals surface area contributed by atoms with Gasteiger partial charge in [0.2, 0.25) is 0 Å². The van der Waals surface area contributed by atoms with Crippen LogP contribution in [0.15, 0.2) is 53.6 Å². The van der Waals surface area contributed by atoms with Crippen molar-refractivity contribution in [1.29, 1.82) is 0 Å². The average Bonchev–Trinajstić information content (AvgIpc) is 2.46. The fourth-order valence-electron chi connectivity index (χ4n) is 1.59. The van der Waals surface area contributed by atoms with Crippen LogP contribution < -0.4 is 10.2 Å². The lowest BCUT2D eigenvalue weighted by atomic mass is 10.1. The number of hydrazone groups is 1. The van der Waals surface area contributed by atoms with Crippen molar-refractivity contribution >= 4 is 23.0 Å². The number of nitrogens with one attached hydrogen (secondary N) is 1. The van der Waals surface area contributed by atoms with Crippen molar-refractivity contribution in [1.82, 2.24) is 0 Å². The Kier molecular flexibility index (Phi) is 4.42. The van der Waals surface area contributed by atoms with Crippen molar-refractivity contribution in [2.45, 2.75) is 6.92 Å². The third-order valence-electron chi connectivity index (χ3n) is 2.68. The molecule has 0 aliphatic heterocycles.